The molecule has 0 aliphatic carbocycles. The molecule has 138 valence electrons. The summed E-state index contributed by atoms with van der Waals surface area (Å²) in [6.07, 6.45) is 0.638. The van der Waals surface area contributed by atoms with E-state index >= 15 is 0 Å². The Hall–Kier alpha value is -1.87. The second-order valence-electron chi connectivity index (χ2n) is 5.32. The van der Waals surface area contributed by atoms with E-state index < -0.39 is 0 Å². The number of hydrogen-bond acceptors (Lipinski definition) is 5. The Labute approximate surface area is 146 Å². The van der Waals surface area contributed by atoms with Gasteiger partial charge >= 0.3 is 0 Å². The molecule has 1 aromatic carbocycles. The van der Waals surface area contributed by atoms with E-state index in [4.69, 9.17) is 4.74 Å². The average Bonchev–Trinajstić information content (AvgIpc) is 2.45. The normalized spacial score (nSPS) is 13.2. The Bertz CT molecular complexity index is 579. The van der Waals surface area contributed by atoms with Gasteiger partial charge in [0, 0.05) is 6.04 Å². The van der Waals surface area contributed by atoms with Crippen LogP contribution >= 0.6 is 12.4 Å². The van der Waals surface area contributed by atoms with E-state index in [2.05, 4.69) is 10.6 Å². The Morgan fingerprint density at radius 1 is 1.38 bits per heavy atom. The maximum Gasteiger partial charge on any atom is 0.262 e. The minimum atomic E-state index is -0.352. The highest BCUT2D eigenvalue weighted by atomic mass is 35.5. The average molecular weight is 365 g/mol. The van der Waals surface area contributed by atoms with Crippen LogP contribution in [0.4, 0.5) is 5.69 Å². The maximum absolute atomic E-state index is 12.6. The van der Waals surface area contributed by atoms with Crippen molar-refractivity contribution < 1.29 is 30.4 Å². The summed E-state index contributed by atoms with van der Waals surface area (Å²) in [5.74, 6) is -0.337. The van der Waals surface area contributed by atoms with Gasteiger partial charge in [0.2, 0.25) is 0 Å². The number of aromatic hydroxyl groups is 1. The molecular weight excluding hydrogens is 340 g/mol. The zero-order chi connectivity index (χ0) is 15.6. The number of carbonyl (C=O) groups excluding carboxylic acids is 2. The van der Waals surface area contributed by atoms with Gasteiger partial charge in [0.05, 0.1) is 11.6 Å². The fraction of sp³-hybridized carbons (Fsp3) is 0.467. The lowest BCUT2D eigenvalue weighted by atomic mass is 9.99. The number of phenols is 1. The fourth-order valence-corrected chi connectivity index (χ4v) is 2.32. The molecule has 0 fully saturated rings. The van der Waals surface area contributed by atoms with E-state index in [0.717, 1.165) is 0 Å². The van der Waals surface area contributed by atoms with Crippen molar-refractivity contribution in [1.82, 2.24) is 5.32 Å². The lowest BCUT2D eigenvalue weighted by molar-refractivity contribution is -0.118. The van der Waals surface area contributed by atoms with E-state index in [1.54, 1.807) is 0 Å². The number of ketones is 1. The van der Waals surface area contributed by atoms with Crippen molar-refractivity contribution in [2.45, 2.75) is 39.3 Å². The van der Waals surface area contributed by atoms with Gasteiger partial charge < -0.3 is 31.4 Å². The van der Waals surface area contributed by atoms with Crippen LogP contribution in [0.1, 0.15) is 37.6 Å². The summed E-state index contributed by atoms with van der Waals surface area (Å²) < 4.78 is 5.35. The number of nitrogens with one attached hydrogen (secondary N) is 2. The summed E-state index contributed by atoms with van der Waals surface area (Å²) in [5, 5.41) is 15.5. The number of hydrogen-bond donors (Lipinski definition) is 3. The first kappa shape index (κ1) is 24.4. The van der Waals surface area contributed by atoms with Crippen molar-refractivity contribution in [2.24, 2.45) is 0 Å². The first-order valence-electron chi connectivity index (χ1n) is 7.02. The molecule has 0 spiro atoms. The summed E-state index contributed by atoms with van der Waals surface area (Å²) in [5.41, 5.74) is 0.527. The SMILES string of the molecule is CCC(NC(C)C)C(=O)c1ccc(O)c2c1OCC(=O)N2.Cl.O.O. The second-order valence-corrected chi connectivity index (χ2v) is 5.32. The molecule has 1 amide bonds. The summed E-state index contributed by atoms with van der Waals surface area (Å²) in [4.78, 5) is 24.0. The Morgan fingerprint density at radius 2 is 2.00 bits per heavy atom. The molecule has 0 saturated heterocycles. The predicted octanol–water partition coefficient (Wildman–Crippen LogP) is 0.455. The molecule has 1 heterocycles. The molecule has 8 nitrogen and oxygen atoms in total. The molecule has 0 aromatic heterocycles. The van der Waals surface area contributed by atoms with E-state index in [-0.39, 0.29) is 70.9 Å². The van der Waals surface area contributed by atoms with Crippen LogP contribution in [0.5, 0.6) is 11.5 Å². The third kappa shape index (κ3) is 5.07. The van der Waals surface area contributed by atoms with Crippen LogP contribution in [0, 0.1) is 0 Å². The van der Waals surface area contributed by atoms with Crippen LogP contribution in [-0.2, 0) is 4.79 Å². The largest absolute Gasteiger partial charge is 0.506 e. The van der Waals surface area contributed by atoms with E-state index in [9.17, 15) is 14.7 Å². The summed E-state index contributed by atoms with van der Waals surface area (Å²) in [6.45, 7) is 5.70. The van der Waals surface area contributed by atoms with Crippen molar-refractivity contribution in [3.05, 3.63) is 17.7 Å². The van der Waals surface area contributed by atoms with Crippen LogP contribution in [0.15, 0.2) is 12.1 Å². The van der Waals surface area contributed by atoms with Gasteiger partial charge in [-0.15, -0.1) is 12.4 Å². The lowest BCUT2D eigenvalue weighted by Gasteiger charge is -2.24. The van der Waals surface area contributed by atoms with Gasteiger partial charge in [-0.1, -0.05) is 20.8 Å². The van der Waals surface area contributed by atoms with Crippen molar-refractivity contribution in [1.29, 1.82) is 0 Å². The van der Waals surface area contributed by atoms with Crippen LogP contribution in [0.25, 0.3) is 0 Å². The molecule has 1 atom stereocenters. The Kier molecular flexibility index (Phi) is 10.3. The number of benzene rings is 1. The molecule has 7 N–H and O–H groups in total. The first-order valence-corrected chi connectivity index (χ1v) is 7.02. The first-order chi connectivity index (χ1) is 9.93. The van der Waals surface area contributed by atoms with Gasteiger partial charge in [0.25, 0.3) is 5.91 Å². The monoisotopic (exact) mass is 364 g/mol. The third-order valence-corrected chi connectivity index (χ3v) is 3.27. The van der Waals surface area contributed by atoms with Gasteiger partial charge in [-0.3, -0.25) is 9.59 Å². The van der Waals surface area contributed by atoms with E-state index in [0.29, 0.717) is 12.0 Å². The quantitative estimate of drug-likeness (QED) is 0.512. The smallest absolute Gasteiger partial charge is 0.262 e. The standard InChI is InChI=1S/C15H20N2O4.ClH.2H2O/c1-4-10(16-8(2)3)14(20)9-5-6-11(18)13-15(9)21-7-12(19)17-13;;;/h5-6,8,10,16,18H,4,7H2,1-3H3,(H,17,19);1H;2*1H2. The predicted molar refractivity (Wildman–Crippen MR) is 93.4 cm³/mol. The number of phenolic OH excluding ortho intramolecular Hbond substituents is 1. The Morgan fingerprint density at radius 3 is 2.54 bits per heavy atom. The molecule has 0 saturated carbocycles. The molecule has 1 aromatic rings. The lowest BCUT2D eigenvalue weighted by Crippen LogP contribution is -2.40. The number of anilines is 1. The zero-order valence-electron chi connectivity index (χ0n) is 13.8. The van der Waals surface area contributed by atoms with Gasteiger partial charge in [-0.2, -0.15) is 0 Å². The van der Waals surface area contributed by atoms with Crippen LogP contribution in [0.3, 0.4) is 0 Å². The second kappa shape index (κ2) is 10.1. The van der Waals surface area contributed by atoms with Gasteiger partial charge in [-0.25, -0.2) is 0 Å². The molecular formula is C15H25ClN2O6. The summed E-state index contributed by atoms with van der Waals surface area (Å²) >= 11 is 0. The van der Waals surface area contributed by atoms with E-state index in [1.807, 2.05) is 20.8 Å². The Balaban J connectivity index is 0. The molecule has 9 heteroatoms. The number of fused-ring (bicyclic) bond motifs is 1. The molecule has 0 radical (unpaired) electrons. The van der Waals surface area contributed by atoms with Crippen molar-refractivity contribution >= 4 is 29.8 Å². The van der Waals surface area contributed by atoms with E-state index in [1.165, 1.54) is 12.1 Å². The molecule has 1 aliphatic heterocycles. The number of carbonyl (C=O) groups is 2. The van der Waals surface area contributed by atoms with Crippen LogP contribution in [-0.4, -0.2) is 46.4 Å². The van der Waals surface area contributed by atoms with Crippen LogP contribution in [0.2, 0.25) is 0 Å². The maximum atomic E-state index is 12.6. The van der Waals surface area contributed by atoms with Crippen LogP contribution < -0.4 is 15.4 Å². The number of ether oxygens (including phenoxy) is 1. The topological polar surface area (TPSA) is 151 Å². The molecule has 24 heavy (non-hydrogen) atoms. The summed E-state index contributed by atoms with van der Waals surface area (Å²) in [7, 11) is 0. The molecule has 1 unspecified atom stereocenters. The summed E-state index contributed by atoms with van der Waals surface area (Å²) in [6, 6.07) is 2.76. The highest BCUT2D eigenvalue weighted by molar-refractivity contribution is 6.07. The van der Waals surface area contributed by atoms with Crippen molar-refractivity contribution in [3.63, 3.8) is 0 Å². The van der Waals surface area contributed by atoms with Gasteiger partial charge in [-0.05, 0) is 18.6 Å². The molecule has 0 bridgehead atoms. The highest BCUT2D eigenvalue weighted by Gasteiger charge is 2.28. The number of halogens is 1. The molecule has 2 rings (SSSR count). The minimum Gasteiger partial charge on any atom is -0.506 e. The van der Waals surface area contributed by atoms with Gasteiger partial charge in [0.1, 0.15) is 11.4 Å². The van der Waals surface area contributed by atoms with Gasteiger partial charge in [0.15, 0.2) is 18.1 Å². The number of Topliss-reactive ketones (excluding diaryl/α,β-unsaturated/α-hetero) is 1. The highest BCUT2D eigenvalue weighted by Crippen LogP contribution is 2.39. The number of amides is 1. The zero-order valence-corrected chi connectivity index (χ0v) is 14.6. The fourth-order valence-electron chi connectivity index (χ4n) is 2.32. The third-order valence-electron chi connectivity index (χ3n) is 3.27. The minimum absolute atomic E-state index is 0. The molecule has 1 aliphatic rings. The van der Waals surface area contributed by atoms with Crippen molar-refractivity contribution in [3.8, 4) is 11.5 Å². The number of rotatable bonds is 5. The van der Waals surface area contributed by atoms with Crippen molar-refractivity contribution in [2.75, 3.05) is 11.9 Å².